The van der Waals surface area contributed by atoms with Crippen molar-refractivity contribution >= 4 is 45.0 Å². The summed E-state index contributed by atoms with van der Waals surface area (Å²) in [4.78, 5) is 18.1. The topological polar surface area (TPSA) is 98.2 Å². The fourth-order valence-electron chi connectivity index (χ4n) is 0.938. The van der Waals surface area contributed by atoms with Crippen molar-refractivity contribution in [2.24, 2.45) is 0 Å². The minimum Gasteiger partial charge on any atom is -0.469 e. The Morgan fingerprint density at radius 3 is 2.72 bits per heavy atom. The van der Waals surface area contributed by atoms with Crippen molar-refractivity contribution in [2.45, 2.75) is 6.42 Å². The van der Waals surface area contributed by atoms with Gasteiger partial charge in [0, 0.05) is 0 Å². The SMILES string of the molecule is COC(=O)CCS(=O)(=O)Nc1ncnc(Cl)c1Cl. The highest BCUT2D eigenvalue weighted by Crippen LogP contribution is 2.26. The first-order chi connectivity index (χ1) is 8.35. The van der Waals surface area contributed by atoms with Crippen molar-refractivity contribution < 1.29 is 17.9 Å². The fourth-order valence-corrected chi connectivity index (χ4v) is 2.26. The molecule has 1 aromatic rings. The average molecular weight is 314 g/mol. The minimum absolute atomic E-state index is 0.0719. The second-order valence-electron chi connectivity index (χ2n) is 3.07. The van der Waals surface area contributed by atoms with Crippen LogP contribution in [0.3, 0.4) is 0 Å². The van der Waals surface area contributed by atoms with E-state index in [-0.39, 0.29) is 22.4 Å². The number of sulfonamides is 1. The molecule has 100 valence electrons. The molecule has 0 unspecified atom stereocenters. The zero-order valence-electron chi connectivity index (χ0n) is 9.18. The first-order valence-corrected chi connectivity index (χ1v) is 7.00. The molecule has 0 aliphatic heterocycles. The summed E-state index contributed by atoms with van der Waals surface area (Å²) in [5, 5.41) is -0.182. The summed E-state index contributed by atoms with van der Waals surface area (Å²) in [5.41, 5.74) is 0. The van der Waals surface area contributed by atoms with Gasteiger partial charge in [0.2, 0.25) is 10.0 Å². The van der Waals surface area contributed by atoms with Gasteiger partial charge < -0.3 is 4.74 Å². The highest BCUT2D eigenvalue weighted by atomic mass is 35.5. The third kappa shape index (κ3) is 4.28. The molecule has 0 radical (unpaired) electrons. The van der Waals surface area contributed by atoms with Crippen LogP contribution in [0.5, 0.6) is 0 Å². The van der Waals surface area contributed by atoms with Crippen LogP contribution in [-0.4, -0.2) is 37.2 Å². The second-order valence-corrected chi connectivity index (χ2v) is 5.65. The summed E-state index contributed by atoms with van der Waals surface area (Å²) >= 11 is 11.3. The maximum absolute atomic E-state index is 11.6. The van der Waals surface area contributed by atoms with E-state index in [1.165, 1.54) is 7.11 Å². The molecule has 0 aromatic carbocycles. The molecule has 0 saturated heterocycles. The molecule has 0 aliphatic rings. The predicted molar refractivity (Wildman–Crippen MR) is 66.1 cm³/mol. The molecular weight excluding hydrogens is 305 g/mol. The first-order valence-electron chi connectivity index (χ1n) is 4.59. The molecule has 1 heterocycles. The van der Waals surface area contributed by atoms with E-state index in [0.717, 1.165) is 6.33 Å². The van der Waals surface area contributed by atoms with Crippen LogP contribution >= 0.6 is 23.2 Å². The van der Waals surface area contributed by atoms with Gasteiger partial charge in [-0.1, -0.05) is 23.2 Å². The molecule has 1 rings (SSSR count). The number of methoxy groups -OCH3 is 1. The Bertz CT molecular complexity index is 549. The molecule has 1 N–H and O–H groups in total. The summed E-state index contributed by atoms with van der Waals surface area (Å²) in [6.07, 6.45) is 0.786. The van der Waals surface area contributed by atoms with Crippen LogP contribution in [0.2, 0.25) is 10.2 Å². The molecule has 0 saturated carbocycles. The normalized spacial score (nSPS) is 11.1. The maximum Gasteiger partial charge on any atom is 0.306 e. The number of ether oxygens (including phenoxy) is 1. The number of anilines is 1. The summed E-state index contributed by atoms with van der Waals surface area (Å²) in [6, 6.07) is 0. The van der Waals surface area contributed by atoms with Crippen LogP contribution < -0.4 is 4.72 Å². The van der Waals surface area contributed by atoms with Gasteiger partial charge in [0.1, 0.15) is 11.3 Å². The summed E-state index contributed by atoms with van der Waals surface area (Å²) in [5.74, 6) is -1.22. The van der Waals surface area contributed by atoms with Crippen molar-refractivity contribution in [1.29, 1.82) is 0 Å². The molecule has 1 aromatic heterocycles. The Hall–Kier alpha value is -1.12. The highest BCUT2D eigenvalue weighted by Gasteiger charge is 2.17. The maximum atomic E-state index is 11.6. The van der Waals surface area contributed by atoms with Gasteiger partial charge >= 0.3 is 5.97 Å². The lowest BCUT2D eigenvalue weighted by molar-refractivity contribution is -0.140. The zero-order valence-corrected chi connectivity index (χ0v) is 11.5. The quantitative estimate of drug-likeness (QED) is 0.645. The smallest absolute Gasteiger partial charge is 0.306 e. The molecular formula is C8H9Cl2N3O4S. The molecule has 0 atom stereocenters. The van der Waals surface area contributed by atoms with E-state index in [9.17, 15) is 13.2 Å². The van der Waals surface area contributed by atoms with Crippen LogP contribution in [0, 0.1) is 0 Å². The largest absolute Gasteiger partial charge is 0.469 e. The number of carbonyl (C=O) groups is 1. The van der Waals surface area contributed by atoms with E-state index in [4.69, 9.17) is 23.2 Å². The Morgan fingerprint density at radius 1 is 1.44 bits per heavy atom. The Balaban J connectivity index is 2.77. The fraction of sp³-hybridized carbons (Fsp3) is 0.375. The van der Waals surface area contributed by atoms with Crippen molar-refractivity contribution in [2.75, 3.05) is 17.6 Å². The van der Waals surface area contributed by atoms with Gasteiger partial charge in [0.15, 0.2) is 11.0 Å². The van der Waals surface area contributed by atoms with Gasteiger partial charge in [0.05, 0.1) is 19.3 Å². The summed E-state index contributed by atoms with van der Waals surface area (Å²) in [6.45, 7) is 0. The number of esters is 1. The number of hydrogen-bond donors (Lipinski definition) is 1. The lowest BCUT2D eigenvalue weighted by Crippen LogP contribution is -2.20. The Morgan fingerprint density at radius 2 is 2.11 bits per heavy atom. The van der Waals surface area contributed by atoms with E-state index < -0.39 is 21.7 Å². The third-order valence-electron chi connectivity index (χ3n) is 1.80. The second kappa shape index (κ2) is 6.17. The van der Waals surface area contributed by atoms with Gasteiger partial charge in [-0.05, 0) is 0 Å². The lowest BCUT2D eigenvalue weighted by Gasteiger charge is -2.08. The van der Waals surface area contributed by atoms with E-state index in [0.29, 0.717) is 0 Å². The Labute approximate surface area is 114 Å². The number of halogens is 2. The standard InChI is InChI=1S/C8H9Cl2N3O4S/c1-17-5(14)2-3-18(15,16)13-8-6(9)7(10)11-4-12-8/h4H,2-3H2,1H3,(H,11,12,13). The molecule has 0 fully saturated rings. The molecule has 18 heavy (non-hydrogen) atoms. The van der Waals surface area contributed by atoms with E-state index in [2.05, 4.69) is 19.4 Å². The number of rotatable bonds is 5. The molecule has 0 aliphatic carbocycles. The summed E-state index contributed by atoms with van der Waals surface area (Å²) in [7, 11) is -2.59. The number of nitrogens with zero attached hydrogens (tertiary/aromatic N) is 2. The molecule has 7 nitrogen and oxygen atoms in total. The molecule has 0 bridgehead atoms. The van der Waals surface area contributed by atoms with Crippen LogP contribution in [0.4, 0.5) is 5.82 Å². The van der Waals surface area contributed by atoms with Crippen molar-refractivity contribution in [1.82, 2.24) is 9.97 Å². The number of carbonyl (C=O) groups excluding carboxylic acids is 1. The van der Waals surface area contributed by atoms with Crippen molar-refractivity contribution in [3.8, 4) is 0 Å². The van der Waals surface area contributed by atoms with Gasteiger partial charge in [0.25, 0.3) is 0 Å². The lowest BCUT2D eigenvalue weighted by atomic mass is 10.5. The number of hydrogen-bond acceptors (Lipinski definition) is 6. The van der Waals surface area contributed by atoms with E-state index >= 15 is 0 Å². The molecule has 10 heteroatoms. The molecule has 0 amide bonds. The van der Waals surface area contributed by atoms with Gasteiger partial charge in [-0.2, -0.15) is 0 Å². The summed E-state index contributed by atoms with van der Waals surface area (Å²) < 4.78 is 29.6. The number of nitrogens with one attached hydrogen (secondary N) is 1. The minimum atomic E-state index is -3.76. The average Bonchev–Trinajstić information content (AvgIpc) is 2.32. The van der Waals surface area contributed by atoms with E-state index in [1.807, 2.05) is 0 Å². The first kappa shape index (κ1) is 14.9. The van der Waals surface area contributed by atoms with Gasteiger partial charge in [-0.25, -0.2) is 18.4 Å². The van der Waals surface area contributed by atoms with Gasteiger partial charge in [-0.3, -0.25) is 9.52 Å². The van der Waals surface area contributed by atoms with Crippen LogP contribution in [-0.2, 0) is 19.6 Å². The number of aromatic nitrogens is 2. The molecule has 0 spiro atoms. The monoisotopic (exact) mass is 313 g/mol. The van der Waals surface area contributed by atoms with Crippen molar-refractivity contribution in [3.63, 3.8) is 0 Å². The predicted octanol–water partition coefficient (Wildman–Crippen LogP) is 1.09. The Kier molecular flexibility index (Phi) is 5.12. The van der Waals surface area contributed by atoms with Gasteiger partial charge in [-0.15, -0.1) is 0 Å². The van der Waals surface area contributed by atoms with Crippen LogP contribution in [0.1, 0.15) is 6.42 Å². The van der Waals surface area contributed by atoms with Crippen molar-refractivity contribution in [3.05, 3.63) is 16.5 Å². The highest BCUT2D eigenvalue weighted by molar-refractivity contribution is 7.92. The van der Waals surface area contributed by atoms with Crippen LogP contribution in [0.15, 0.2) is 6.33 Å². The zero-order chi connectivity index (χ0) is 13.8. The van der Waals surface area contributed by atoms with Crippen LogP contribution in [0.25, 0.3) is 0 Å². The van der Waals surface area contributed by atoms with E-state index in [1.54, 1.807) is 0 Å². The third-order valence-corrected chi connectivity index (χ3v) is 3.79.